The molecular formula is C18H18Cl2O2S2. The van der Waals surface area contributed by atoms with E-state index in [1.165, 1.54) is 0 Å². The van der Waals surface area contributed by atoms with Gasteiger partial charge in [-0.3, -0.25) is 4.79 Å². The lowest BCUT2D eigenvalue weighted by Gasteiger charge is -2.16. The number of rotatable bonds is 8. The van der Waals surface area contributed by atoms with E-state index in [1.807, 2.05) is 55.5 Å². The molecule has 0 saturated carbocycles. The second kappa shape index (κ2) is 10.2. The molecule has 2 nitrogen and oxygen atoms in total. The van der Waals surface area contributed by atoms with Crippen molar-refractivity contribution in [3.63, 3.8) is 0 Å². The minimum Gasteiger partial charge on any atom is -0.466 e. The van der Waals surface area contributed by atoms with Gasteiger partial charge in [0, 0.05) is 26.3 Å². The first kappa shape index (κ1) is 19.5. The summed E-state index contributed by atoms with van der Waals surface area (Å²) in [6.45, 7) is 2.23. The molecule has 24 heavy (non-hydrogen) atoms. The Morgan fingerprint density at radius 2 is 1.42 bits per heavy atom. The molecule has 2 aromatic rings. The fourth-order valence-electron chi connectivity index (χ4n) is 1.94. The lowest BCUT2D eigenvalue weighted by Crippen LogP contribution is -2.07. The molecule has 0 radical (unpaired) electrons. The largest absolute Gasteiger partial charge is 0.466 e. The standard InChI is InChI=1S/C18H18Cl2O2S2/c1-2-22-17(21)11-12-18(23-15-7-3-13(19)4-8-15)24-16-9-5-14(20)6-10-16/h3-10,18H,2,11-12H2,1H3. The van der Waals surface area contributed by atoms with Crippen molar-refractivity contribution in [3.05, 3.63) is 58.6 Å². The Labute approximate surface area is 161 Å². The molecule has 128 valence electrons. The molecule has 0 atom stereocenters. The Hall–Kier alpha value is -0.810. The van der Waals surface area contributed by atoms with Gasteiger partial charge in [0.25, 0.3) is 0 Å². The molecule has 0 spiro atoms. The van der Waals surface area contributed by atoms with Gasteiger partial charge in [0.1, 0.15) is 0 Å². The summed E-state index contributed by atoms with van der Waals surface area (Å²) in [4.78, 5) is 13.9. The average molecular weight is 401 g/mol. The molecule has 0 heterocycles. The lowest BCUT2D eigenvalue weighted by molar-refractivity contribution is -0.143. The van der Waals surface area contributed by atoms with Crippen molar-refractivity contribution in [1.82, 2.24) is 0 Å². The molecule has 0 aliphatic carbocycles. The molecule has 0 aromatic heterocycles. The quantitative estimate of drug-likeness (QED) is 0.285. The number of carbonyl (C=O) groups is 1. The number of carbonyl (C=O) groups excluding carboxylic acids is 1. The molecule has 6 heteroatoms. The van der Waals surface area contributed by atoms with Crippen LogP contribution in [0.3, 0.4) is 0 Å². The molecule has 2 aromatic carbocycles. The highest BCUT2D eigenvalue weighted by Gasteiger charge is 2.15. The van der Waals surface area contributed by atoms with E-state index < -0.39 is 0 Å². The number of halogens is 2. The van der Waals surface area contributed by atoms with Crippen LogP contribution in [0.2, 0.25) is 10.0 Å². The van der Waals surface area contributed by atoms with E-state index in [4.69, 9.17) is 27.9 Å². The third-order valence-electron chi connectivity index (χ3n) is 3.05. The van der Waals surface area contributed by atoms with Crippen molar-refractivity contribution in [2.24, 2.45) is 0 Å². The van der Waals surface area contributed by atoms with E-state index in [0.29, 0.717) is 23.1 Å². The van der Waals surface area contributed by atoms with Crippen molar-refractivity contribution >= 4 is 52.7 Å². The maximum atomic E-state index is 11.7. The molecule has 0 aliphatic rings. The monoisotopic (exact) mass is 400 g/mol. The highest BCUT2D eigenvalue weighted by atomic mass is 35.5. The van der Waals surface area contributed by atoms with E-state index in [1.54, 1.807) is 23.5 Å². The molecule has 0 bridgehead atoms. The van der Waals surface area contributed by atoms with Crippen LogP contribution in [0.25, 0.3) is 0 Å². The van der Waals surface area contributed by atoms with Gasteiger partial charge in [0.2, 0.25) is 0 Å². The van der Waals surface area contributed by atoms with Gasteiger partial charge < -0.3 is 4.74 Å². The van der Waals surface area contributed by atoms with Crippen LogP contribution >= 0.6 is 46.7 Å². The van der Waals surface area contributed by atoms with Gasteiger partial charge in [-0.05, 0) is 61.9 Å². The van der Waals surface area contributed by atoms with Gasteiger partial charge in [0.15, 0.2) is 0 Å². The second-order valence-electron chi connectivity index (χ2n) is 4.92. The summed E-state index contributed by atoms with van der Waals surface area (Å²) in [5, 5.41) is 1.43. The van der Waals surface area contributed by atoms with Crippen LogP contribution in [-0.2, 0) is 9.53 Å². The summed E-state index contributed by atoms with van der Waals surface area (Å²) < 4.78 is 5.22. The summed E-state index contributed by atoms with van der Waals surface area (Å²) in [6, 6.07) is 15.5. The summed E-state index contributed by atoms with van der Waals surface area (Å²) in [5.41, 5.74) is 0. The zero-order valence-corrected chi connectivity index (χ0v) is 16.4. The van der Waals surface area contributed by atoms with Gasteiger partial charge in [-0.25, -0.2) is 0 Å². The Kier molecular flexibility index (Phi) is 8.33. The van der Waals surface area contributed by atoms with Crippen LogP contribution in [-0.4, -0.2) is 17.2 Å². The smallest absolute Gasteiger partial charge is 0.305 e. The third-order valence-corrected chi connectivity index (χ3v) is 6.22. The minimum atomic E-state index is -0.157. The number of ether oxygens (including phenoxy) is 1. The maximum Gasteiger partial charge on any atom is 0.305 e. The first-order valence-electron chi connectivity index (χ1n) is 7.57. The highest BCUT2D eigenvalue weighted by molar-refractivity contribution is 8.17. The van der Waals surface area contributed by atoms with Crippen LogP contribution < -0.4 is 0 Å². The minimum absolute atomic E-state index is 0.157. The fraction of sp³-hybridized carbons (Fsp3) is 0.278. The number of benzene rings is 2. The first-order valence-corrected chi connectivity index (χ1v) is 10.1. The van der Waals surface area contributed by atoms with E-state index in [0.717, 1.165) is 16.2 Å². The van der Waals surface area contributed by atoms with Crippen LogP contribution in [0.5, 0.6) is 0 Å². The molecule has 0 fully saturated rings. The molecule has 0 aliphatic heterocycles. The van der Waals surface area contributed by atoms with Crippen LogP contribution in [0.1, 0.15) is 19.8 Å². The third kappa shape index (κ3) is 6.98. The van der Waals surface area contributed by atoms with E-state index >= 15 is 0 Å². The predicted octanol–water partition coefficient (Wildman–Crippen LogP) is 6.55. The van der Waals surface area contributed by atoms with Crippen molar-refractivity contribution < 1.29 is 9.53 Å². The van der Waals surface area contributed by atoms with Crippen molar-refractivity contribution in [2.45, 2.75) is 34.1 Å². The zero-order valence-electron chi connectivity index (χ0n) is 13.2. The molecular weight excluding hydrogens is 383 g/mol. The lowest BCUT2D eigenvalue weighted by atomic mass is 10.3. The summed E-state index contributed by atoms with van der Waals surface area (Å²) in [6.07, 6.45) is 1.12. The number of esters is 1. The van der Waals surface area contributed by atoms with Crippen LogP contribution in [0.4, 0.5) is 0 Å². The highest BCUT2D eigenvalue weighted by Crippen LogP contribution is 2.38. The van der Waals surface area contributed by atoms with Crippen molar-refractivity contribution in [1.29, 1.82) is 0 Å². The Morgan fingerprint density at radius 1 is 0.958 bits per heavy atom. The molecule has 0 N–H and O–H groups in total. The second-order valence-corrected chi connectivity index (χ2v) is 8.64. The van der Waals surface area contributed by atoms with Crippen molar-refractivity contribution in [2.75, 3.05) is 6.61 Å². The molecule has 0 unspecified atom stereocenters. The first-order chi connectivity index (χ1) is 11.6. The average Bonchev–Trinajstić information content (AvgIpc) is 2.57. The Balaban J connectivity index is 2.03. The van der Waals surface area contributed by atoms with Crippen molar-refractivity contribution in [3.8, 4) is 0 Å². The summed E-state index contributed by atoms with van der Waals surface area (Å²) in [5.74, 6) is -0.157. The van der Waals surface area contributed by atoms with E-state index in [9.17, 15) is 4.79 Å². The van der Waals surface area contributed by atoms with E-state index in [2.05, 4.69) is 0 Å². The molecule has 0 saturated heterocycles. The van der Waals surface area contributed by atoms with Gasteiger partial charge >= 0.3 is 5.97 Å². The summed E-state index contributed by atoms with van der Waals surface area (Å²) in [7, 11) is 0. The number of hydrogen-bond acceptors (Lipinski definition) is 4. The predicted molar refractivity (Wildman–Crippen MR) is 104 cm³/mol. The van der Waals surface area contributed by atoms with Gasteiger partial charge in [-0.2, -0.15) is 0 Å². The van der Waals surface area contributed by atoms with Gasteiger partial charge in [-0.1, -0.05) is 23.2 Å². The normalized spacial score (nSPS) is 10.8. The number of thioether (sulfide) groups is 2. The van der Waals surface area contributed by atoms with Crippen LogP contribution in [0.15, 0.2) is 58.3 Å². The van der Waals surface area contributed by atoms with Crippen LogP contribution in [0, 0.1) is 0 Å². The zero-order chi connectivity index (χ0) is 17.4. The Bertz CT molecular complexity index is 598. The Morgan fingerprint density at radius 3 is 1.83 bits per heavy atom. The van der Waals surface area contributed by atoms with E-state index in [-0.39, 0.29) is 10.6 Å². The summed E-state index contributed by atoms with van der Waals surface area (Å²) >= 11 is 15.3. The topological polar surface area (TPSA) is 26.3 Å². The maximum absolute atomic E-state index is 11.7. The molecule has 2 rings (SSSR count). The van der Waals surface area contributed by atoms with Gasteiger partial charge in [0.05, 0.1) is 11.2 Å². The fourth-order valence-corrected chi connectivity index (χ4v) is 4.72. The van der Waals surface area contributed by atoms with Gasteiger partial charge in [-0.15, -0.1) is 23.5 Å². The number of hydrogen-bond donors (Lipinski definition) is 0. The molecule has 0 amide bonds. The SMILES string of the molecule is CCOC(=O)CCC(Sc1ccc(Cl)cc1)Sc1ccc(Cl)cc1.